The van der Waals surface area contributed by atoms with E-state index in [9.17, 15) is 19.8 Å². The average molecular weight is 493 g/mol. The number of hydrogen-bond donors (Lipinski definition) is 5. The van der Waals surface area contributed by atoms with Crippen molar-refractivity contribution in [3.05, 3.63) is 36.5 Å². The van der Waals surface area contributed by atoms with Gasteiger partial charge in [0, 0.05) is 18.6 Å². The van der Waals surface area contributed by atoms with Crippen LogP contribution in [0.25, 0.3) is 0 Å². The summed E-state index contributed by atoms with van der Waals surface area (Å²) in [5.41, 5.74) is -0.764. The van der Waals surface area contributed by atoms with E-state index < -0.39 is 30.3 Å². The summed E-state index contributed by atoms with van der Waals surface area (Å²) in [4.78, 5) is 32.2. The lowest BCUT2D eigenvalue weighted by molar-refractivity contribution is -0.141. The summed E-state index contributed by atoms with van der Waals surface area (Å²) in [7, 11) is 0. The number of carbonyl (C=O) groups excluding carboxylic acids is 2. The number of rotatable bonds is 14. The smallest absolute Gasteiger partial charge is 0.257 e. The molecule has 0 unspecified atom stereocenters. The summed E-state index contributed by atoms with van der Waals surface area (Å²) in [5, 5.41) is 33.7. The van der Waals surface area contributed by atoms with Crippen molar-refractivity contribution in [3.8, 4) is 11.8 Å². The lowest BCUT2D eigenvalue weighted by Crippen LogP contribution is -2.42. The SMILES string of the molecule is CCC(=O)Nc1ccc(OC[C@H](O)COC(C)(C)C(=O)Nc2cccc(OC[C@@H](O)CO)n2)nc1. The zero-order valence-corrected chi connectivity index (χ0v) is 19.9. The zero-order valence-electron chi connectivity index (χ0n) is 19.9. The molecule has 12 nitrogen and oxygen atoms in total. The molecule has 35 heavy (non-hydrogen) atoms. The molecule has 2 atom stereocenters. The van der Waals surface area contributed by atoms with Gasteiger partial charge < -0.3 is 40.2 Å². The Balaban J connectivity index is 1.79. The second-order valence-electron chi connectivity index (χ2n) is 8.04. The van der Waals surface area contributed by atoms with Gasteiger partial charge in [-0.15, -0.1) is 0 Å². The number of anilines is 2. The highest BCUT2D eigenvalue weighted by molar-refractivity contribution is 5.96. The maximum atomic E-state index is 12.6. The quantitative estimate of drug-likeness (QED) is 0.253. The molecule has 0 bridgehead atoms. The zero-order chi connectivity index (χ0) is 25.8. The van der Waals surface area contributed by atoms with Gasteiger partial charge in [-0.25, -0.2) is 4.98 Å². The summed E-state index contributed by atoms with van der Waals surface area (Å²) < 4.78 is 16.3. The lowest BCUT2D eigenvalue weighted by atomic mass is 10.1. The van der Waals surface area contributed by atoms with Crippen LogP contribution in [-0.4, -0.2) is 81.3 Å². The fourth-order valence-electron chi connectivity index (χ4n) is 2.45. The van der Waals surface area contributed by atoms with E-state index in [0.717, 1.165) is 0 Å². The van der Waals surface area contributed by atoms with Gasteiger partial charge >= 0.3 is 0 Å². The fourth-order valence-corrected chi connectivity index (χ4v) is 2.45. The Labute approximate surface area is 203 Å². The van der Waals surface area contributed by atoms with E-state index in [-0.39, 0.29) is 43.3 Å². The van der Waals surface area contributed by atoms with E-state index >= 15 is 0 Å². The van der Waals surface area contributed by atoms with Gasteiger partial charge in [-0.3, -0.25) is 9.59 Å². The lowest BCUT2D eigenvalue weighted by Gasteiger charge is -2.25. The first-order chi connectivity index (χ1) is 16.6. The van der Waals surface area contributed by atoms with Crippen molar-refractivity contribution in [1.82, 2.24) is 9.97 Å². The Hall–Kier alpha value is -3.32. The summed E-state index contributed by atoms with van der Waals surface area (Å²) in [5.74, 6) is -0.00570. The number of nitrogens with one attached hydrogen (secondary N) is 2. The van der Waals surface area contributed by atoms with Gasteiger partial charge in [0.15, 0.2) is 0 Å². The van der Waals surface area contributed by atoms with Crippen LogP contribution in [-0.2, 0) is 14.3 Å². The number of nitrogens with zero attached hydrogens (tertiary/aromatic N) is 2. The molecule has 0 fully saturated rings. The van der Waals surface area contributed by atoms with Crippen LogP contribution in [0.5, 0.6) is 11.8 Å². The molecule has 2 heterocycles. The van der Waals surface area contributed by atoms with E-state index in [1.807, 2.05) is 0 Å². The molecule has 12 heteroatoms. The minimum atomic E-state index is -1.30. The largest absolute Gasteiger partial charge is 0.475 e. The Kier molecular flexibility index (Phi) is 10.8. The third-order valence-electron chi connectivity index (χ3n) is 4.55. The molecule has 0 aliphatic rings. The molecule has 0 radical (unpaired) electrons. The van der Waals surface area contributed by atoms with Crippen LogP contribution in [0.15, 0.2) is 36.5 Å². The predicted molar refractivity (Wildman–Crippen MR) is 126 cm³/mol. The van der Waals surface area contributed by atoms with E-state index in [1.165, 1.54) is 6.20 Å². The van der Waals surface area contributed by atoms with E-state index in [2.05, 4.69) is 20.6 Å². The first kappa shape index (κ1) is 27.9. The van der Waals surface area contributed by atoms with E-state index in [4.69, 9.17) is 19.3 Å². The number of aromatic nitrogens is 2. The number of carbonyl (C=O) groups is 2. The minimum absolute atomic E-state index is 0.119. The van der Waals surface area contributed by atoms with Gasteiger partial charge in [0.25, 0.3) is 5.91 Å². The molecular weight excluding hydrogens is 460 g/mol. The second-order valence-corrected chi connectivity index (χ2v) is 8.04. The number of aliphatic hydroxyl groups excluding tert-OH is 3. The fraction of sp³-hybridized carbons (Fsp3) is 0.478. The normalized spacial score (nSPS) is 13.0. The summed E-state index contributed by atoms with van der Waals surface area (Å²) in [6, 6.07) is 7.90. The Morgan fingerprint density at radius 1 is 1.00 bits per heavy atom. The molecule has 0 saturated carbocycles. The van der Waals surface area contributed by atoms with Crippen molar-refractivity contribution >= 4 is 23.3 Å². The molecule has 0 aliphatic heterocycles. The Morgan fingerprint density at radius 3 is 2.37 bits per heavy atom. The molecule has 2 amide bonds. The van der Waals surface area contributed by atoms with Crippen molar-refractivity contribution in [2.24, 2.45) is 0 Å². The van der Waals surface area contributed by atoms with Crippen molar-refractivity contribution in [1.29, 1.82) is 0 Å². The van der Waals surface area contributed by atoms with Crippen LogP contribution in [0.3, 0.4) is 0 Å². The third-order valence-corrected chi connectivity index (χ3v) is 4.55. The average Bonchev–Trinajstić information content (AvgIpc) is 2.85. The molecule has 5 N–H and O–H groups in total. The highest BCUT2D eigenvalue weighted by atomic mass is 16.5. The highest BCUT2D eigenvalue weighted by Gasteiger charge is 2.30. The number of aliphatic hydroxyl groups is 3. The van der Waals surface area contributed by atoms with Crippen molar-refractivity contribution in [2.45, 2.75) is 45.0 Å². The van der Waals surface area contributed by atoms with Crippen molar-refractivity contribution in [3.63, 3.8) is 0 Å². The molecule has 0 aromatic carbocycles. The van der Waals surface area contributed by atoms with Gasteiger partial charge in [-0.2, -0.15) is 4.98 Å². The maximum absolute atomic E-state index is 12.6. The van der Waals surface area contributed by atoms with Gasteiger partial charge in [-0.1, -0.05) is 13.0 Å². The van der Waals surface area contributed by atoms with Crippen LogP contribution in [0.1, 0.15) is 27.2 Å². The second kappa shape index (κ2) is 13.5. The molecule has 0 saturated heterocycles. The van der Waals surface area contributed by atoms with Crippen LogP contribution in [0.2, 0.25) is 0 Å². The molecule has 0 spiro atoms. The predicted octanol–water partition coefficient (Wildman–Crippen LogP) is 0.731. The van der Waals surface area contributed by atoms with Gasteiger partial charge in [0.1, 0.15) is 36.8 Å². The summed E-state index contributed by atoms with van der Waals surface area (Å²) in [6.45, 7) is 3.93. The standard InChI is InChI=1S/C23H32N4O8/c1-4-19(31)25-15-8-9-20(24-10-15)33-13-17(30)14-35-23(2,3)22(32)27-18-6-5-7-21(26-18)34-12-16(29)11-28/h5-10,16-17,28-30H,4,11-14H2,1-3H3,(H,25,31)(H,26,27,32)/t16-,17-/m0/s1. The molecule has 2 aromatic rings. The van der Waals surface area contributed by atoms with Gasteiger partial charge in [0.2, 0.25) is 17.7 Å². The molecule has 192 valence electrons. The summed E-state index contributed by atoms with van der Waals surface area (Å²) >= 11 is 0. The molecule has 2 rings (SSSR count). The summed E-state index contributed by atoms with van der Waals surface area (Å²) in [6.07, 6.45) is -0.271. The first-order valence-corrected chi connectivity index (χ1v) is 11.0. The van der Waals surface area contributed by atoms with Crippen LogP contribution < -0.4 is 20.1 Å². The molecular formula is C23H32N4O8. The number of amides is 2. The Morgan fingerprint density at radius 2 is 1.71 bits per heavy atom. The van der Waals surface area contributed by atoms with E-state index in [1.54, 1.807) is 51.1 Å². The Bertz CT molecular complexity index is 955. The molecule has 2 aromatic heterocycles. The third kappa shape index (κ3) is 9.83. The maximum Gasteiger partial charge on any atom is 0.257 e. The van der Waals surface area contributed by atoms with Crippen molar-refractivity contribution in [2.75, 3.05) is 37.1 Å². The van der Waals surface area contributed by atoms with Gasteiger partial charge in [0.05, 0.1) is 25.1 Å². The minimum Gasteiger partial charge on any atom is -0.475 e. The van der Waals surface area contributed by atoms with Gasteiger partial charge in [-0.05, 0) is 26.0 Å². The number of hydrogen-bond acceptors (Lipinski definition) is 10. The van der Waals surface area contributed by atoms with Crippen LogP contribution >= 0.6 is 0 Å². The van der Waals surface area contributed by atoms with E-state index in [0.29, 0.717) is 12.1 Å². The van der Waals surface area contributed by atoms with Crippen molar-refractivity contribution < 1.29 is 39.1 Å². The monoisotopic (exact) mass is 492 g/mol. The van der Waals surface area contributed by atoms with Crippen LogP contribution in [0, 0.1) is 0 Å². The first-order valence-electron chi connectivity index (χ1n) is 11.0. The molecule has 0 aliphatic carbocycles. The van der Waals surface area contributed by atoms with Crippen LogP contribution in [0.4, 0.5) is 11.5 Å². The topological polar surface area (TPSA) is 172 Å². The highest BCUT2D eigenvalue weighted by Crippen LogP contribution is 2.17. The number of ether oxygens (including phenoxy) is 3. The number of pyridine rings is 2.